The van der Waals surface area contributed by atoms with E-state index in [-0.39, 0.29) is 28.6 Å². The molecule has 0 atom stereocenters. The Morgan fingerprint density at radius 2 is 1.89 bits per heavy atom. The Morgan fingerprint density at radius 1 is 1.18 bits per heavy atom. The van der Waals surface area contributed by atoms with Gasteiger partial charge in [-0.3, -0.25) is 19.7 Å². The molecule has 8 nitrogen and oxygen atoms in total. The highest BCUT2D eigenvalue weighted by Gasteiger charge is 2.15. The number of carbonyl (C=O) groups is 2. The van der Waals surface area contributed by atoms with Crippen molar-refractivity contribution in [1.82, 2.24) is 5.43 Å². The smallest absolute Gasteiger partial charge is 0.287 e. The molecule has 146 valence electrons. The van der Waals surface area contributed by atoms with Crippen LogP contribution in [0.15, 0.2) is 41.5 Å². The fourth-order valence-electron chi connectivity index (χ4n) is 2.22. The maximum atomic E-state index is 12.1. The van der Waals surface area contributed by atoms with Crippen molar-refractivity contribution in [2.45, 2.75) is 20.3 Å². The molecule has 0 heterocycles. The molecule has 10 heteroatoms. The summed E-state index contributed by atoms with van der Waals surface area (Å²) in [5.74, 6) is -0.929. The molecule has 0 aromatic heterocycles. The van der Waals surface area contributed by atoms with Gasteiger partial charge in [0.15, 0.2) is 0 Å². The third kappa shape index (κ3) is 5.51. The van der Waals surface area contributed by atoms with E-state index < -0.39 is 10.8 Å². The first-order chi connectivity index (χ1) is 13.2. The fourth-order valence-corrected chi connectivity index (χ4v) is 2.64. The average Bonchev–Trinajstić information content (AvgIpc) is 2.63. The Labute approximate surface area is 170 Å². The molecule has 2 amide bonds. The minimum absolute atomic E-state index is 0.0484. The summed E-state index contributed by atoms with van der Waals surface area (Å²) in [4.78, 5) is 34.3. The summed E-state index contributed by atoms with van der Waals surface area (Å²) < 4.78 is 0. The van der Waals surface area contributed by atoms with Crippen molar-refractivity contribution in [2.24, 2.45) is 5.10 Å². The van der Waals surface area contributed by atoms with Gasteiger partial charge in [0.05, 0.1) is 11.3 Å². The van der Waals surface area contributed by atoms with Crippen LogP contribution in [0.2, 0.25) is 10.0 Å². The number of hydrazone groups is 1. The van der Waals surface area contributed by atoms with E-state index in [9.17, 15) is 19.7 Å². The van der Waals surface area contributed by atoms with E-state index in [0.717, 1.165) is 11.6 Å². The molecular formula is C18H16Cl2N4O4. The van der Waals surface area contributed by atoms with Crippen LogP contribution in [0, 0.1) is 17.0 Å². The monoisotopic (exact) mass is 422 g/mol. The van der Waals surface area contributed by atoms with E-state index in [2.05, 4.69) is 15.8 Å². The topological polar surface area (TPSA) is 114 Å². The highest BCUT2D eigenvalue weighted by atomic mass is 35.5. The summed E-state index contributed by atoms with van der Waals surface area (Å²) in [6.07, 6.45) is -0.0484. The number of nitro benzene ring substituents is 1. The normalized spacial score (nSPS) is 11.1. The number of benzene rings is 2. The average molecular weight is 423 g/mol. The summed E-state index contributed by atoms with van der Waals surface area (Å²) in [7, 11) is 0. The molecule has 0 bridgehead atoms. The number of nitrogens with one attached hydrogen (secondary N) is 2. The van der Waals surface area contributed by atoms with Gasteiger partial charge >= 0.3 is 0 Å². The van der Waals surface area contributed by atoms with Crippen molar-refractivity contribution in [2.75, 3.05) is 5.32 Å². The second-order valence-corrected chi connectivity index (χ2v) is 6.66. The van der Waals surface area contributed by atoms with Crippen molar-refractivity contribution in [3.8, 4) is 0 Å². The molecule has 0 radical (unpaired) electrons. The minimum Gasteiger partial charge on any atom is -0.325 e. The van der Waals surface area contributed by atoms with E-state index in [1.165, 1.54) is 12.1 Å². The SMILES string of the molecule is C/C(CC(=O)Nc1cccc(Cl)c1C)=N\NC(=O)c1ccc([N+](=O)[O-])c(Cl)c1. The molecule has 0 saturated carbocycles. The summed E-state index contributed by atoms with van der Waals surface area (Å²) in [5.41, 5.74) is 3.78. The standard InChI is InChI=1S/C18H16Cl2N4O4/c1-10(8-17(25)21-15-5-3-4-13(19)11(15)2)22-23-18(26)12-6-7-16(24(27)28)14(20)9-12/h3-7,9H,8H2,1-2H3,(H,21,25)(H,23,26)/b22-10+. The largest absolute Gasteiger partial charge is 0.325 e. The van der Waals surface area contributed by atoms with Gasteiger partial charge in [-0.15, -0.1) is 0 Å². The number of nitrogens with zero attached hydrogens (tertiary/aromatic N) is 2. The first-order valence-corrected chi connectivity index (χ1v) is 8.77. The van der Waals surface area contributed by atoms with E-state index in [0.29, 0.717) is 16.4 Å². The highest BCUT2D eigenvalue weighted by molar-refractivity contribution is 6.33. The zero-order chi connectivity index (χ0) is 20.8. The number of hydrogen-bond donors (Lipinski definition) is 2. The molecule has 2 N–H and O–H groups in total. The maximum absolute atomic E-state index is 12.1. The van der Waals surface area contributed by atoms with Crippen molar-refractivity contribution < 1.29 is 14.5 Å². The quantitative estimate of drug-likeness (QED) is 0.409. The van der Waals surface area contributed by atoms with Crippen LogP contribution in [-0.4, -0.2) is 22.4 Å². The van der Waals surface area contributed by atoms with Crippen molar-refractivity contribution >= 4 is 52.1 Å². The number of nitro groups is 1. The van der Waals surface area contributed by atoms with Gasteiger partial charge in [-0.05, 0) is 43.7 Å². The van der Waals surface area contributed by atoms with Gasteiger partial charge in [-0.2, -0.15) is 5.10 Å². The minimum atomic E-state index is -0.646. The Balaban J connectivity index is 1.97. The molecule has 0 aliphatic carbocycles. The molecule has 0 unspecified atom stereocenters. The van der Waals surface area contributed by atoms with Crippen LogP contribution in [0.1, 0.15) is 29.3 Å². The molecule has 0 spiro atoms. The molecule has 0 aliphatic rings. The maximum Gasteiger partial charge on any atom is 0.287 e. The zero-order valence-corrected chi connectivity index (χ0v) is 16.5. The van der Waals surface area contributed by atoms with Crippen molar-refractivity contribution in [3.05, 3.63) is 67.7 Å². The number of amides is 2. The summed E-state index contributed by atoms with van der Waals surface area (Å²) >= 11 is 11.8. The van der Waals surface area contributed by atoms with Gasteiger partial charge in [0.2, 0.25) is 5.91 Å². The van der Waals surface area contributed by atoms with Gasteiger partial charge in [0.1, 0.15) is 5.02 Å². The Bertz CT molecular complexity index is 976. The Hall–Kier alpha value is -2.97. The van der Waals surface area contributed by atoms with Crippen LogP contribution in [0.25, 0.3) is 0 Å². The lowest BCUT2D eigenvalue weighted by Crippen LogP contribution is -2.21. The number of anilines is 1. The van der Waals surface area contributed by atoms with Crippen LogP contribution >= 0.6 is 23.2 Å². The Kier molecular flexibility index (Phi) is 7.08. The van der Waals surface area contributed by atoms with Gasteiger partial charge in [-0.25, -0.2) is 5.43 Å². The second kappa shape index (κ2) is 9.29. The van der Waals surface area contributed by atoms with Crippen LogP contribution in [0.4, 0.5) is 11.4 Å². The highest BCUT2D eigenvalue weighted by Crippen LogP contribution is 2.25. The van der Waals surface area contributed by atoms with Crippen molar-refractivity contribution in [3.63, 3.8) is 0 Å². The van der Waals surface area contributed by atoms with Crippen LogP contribution < -0.4 is 10.7 Å². The molecule has 0 fully saturated rings. The molecule has 2 aromatic rings. The van der Waals surface area contributed by atoms with E-state index in [1.54, 1.807) is 32.0 Å². The second-order valence-electron chi connectivity index (χ2n) is 5.85. The molecule has 28 heavy (non-hydrogen) atoms. The summed E-state index contributed by atoms with van der Waals surface area (Å²) in [6.45, 7) is 3.36. The van der Waals surface area contributed by atoms with E-state index in [1.807, 2.05) is 0 Å². The number of halogens is 2. The third-order valence-electron chi connectivity index (χ3n) is 3.71. The Morgan fingerprint density at radius 3 is 2.54 bits per heavy atom. The van der Waals surface area contributed by atoms with Crippen molar-refractivity contribution in [1.29, 1.82) is 0 Å². The molecule has 0 saturated heterocycles. The molecule has 2 aromatic carbocycles. The van der Waals surface area contributed by atoms with Gasteiger partial charge in [0.25, 0.3) is 11.6 Å². The first-order valence-electron chi connectivity index (χ1n) is 8.01. The lowest BCUT2D eigenvalue weighted by Gasteiger charge is -2.09. The molecule has 2 rings (SSSR count). The van der Waals surface area contributed by atoms with E-state index in [4.69, 9.17) is 23.2 Å². The lowest BCUT2D eigenvalue weighted by molar-refractivity contribution is -0.384. The predicted molar refractivity (Wildman–Crippen MR) is 108 cm³/mol. The third-order valence-corrected chi connectivity index (χ3v) is 4.43. The summed E-state index contributed by atoms with van der Waals surface area (Å²) in [6, 6.07) is 8.74. The van der Waals surface area contributed by atoms with Gasteiger partial charge in [0, 0.05) is 28.1 Å². The van der Waals surface area contributed by atoms with Gasteiger partial charge in [-0.1, -0.05) is 29.3 Å². The first kappa shape index (κ1) is 21.3. The summed E-state index contributed by atoms with van der Waals surface area (Å²) in [5, 5.41) is 17.7. The number of rotatable bonds is 6. The van der Waals surface area contributed by atoms with Crippen LogP contribution in [0.3, 0.4) is 0 Å². The van der Waals surface area contributed by atoms with Crippen LogP contribution in [-0.2, 0) is 4.79 Å². The molecule has 0 aliphatic heterocycles. The molecular weight excluding hydrogens is 407 g/mol. The lowest BCUT2D eigenvalue weighted by atomic mass is 10.2. The van der Waals surface area contributed by atoms with Gasteiger partial charge < -0.3 is 5.32 Å². The van der Waals surface area contributed by atoms with E-state index >= 15 is 0 Å². The fraction of sp³-hybridized carbons (Fsp3) is 0.167. The number of carbonyl (C=O) groups excluding carboxylic acids is 2. The predicted octanol–water partition coefficient (Wildman–Crippen LogP) is 4.34. The van der Waals surface area contributed by atoms with Crippen LogP contribution in [0.5, 0.6) is 0 Å². The zero-order valence-electron chi connectivity index (χ0n) is 15.0. The number of hydrogen-bond acceptors (Lipinski definition) is 5.